The molecular formula is C29H32ClFN2O2. The fourth-order valence-corrected chi connectivity index (χ4v) is 4.90. The maximum atomic E-state index is 13.2. The van der Waals surface area contributed by atoms with Crippen molar-refractivity contribution in [1.82, 2.24) is 9.80 Å². The van der Waals surface area contributed by atoms with Crippen LogP contribution in [0.15, 0.2) is 72.8 Å². The van der Waals surface area contributed by atoms with Gasteiger partial charge in [-0.2, -0.15) is 0 Å². The van der Waals surface area contributed by atoms with E-state index >= 15 is 0 Å². The molecule has 0 aromatic heterocycles. The highest BCUT2D eigenvalue weighted by Crippen LogP contribution is 2.34. The number of hydrogen-bond acceptors (Lipinski definition) is 3. The van der Waals surface area contributed by atoms with Crippen LogP contribution in [-0.2, 0) is 11.3 Å². The van der Waals surface area contributed by atoms with E-state index in [0.29, 0.717) is 17.3 Å². The molecule has 4 nitrogen and oxygen atoms in total. The molecular weight excluding hydrogens is 463 g/mol. The van der Waals surface area contributed by atoms with E-state index in [0.717, 1.165) is 29.8 Å². The first-order valence-corrected chi connectivity index (χ1v) is 12.4. The molecule has 1 amide bonds. The van der Waals surface area contributed by atoms with Gasteiger partial charge in [0.05, 0.1) is 0 Å². The van der Waals surface area contributed by atoms with Crippen LogP contribution in [0.1, 0.15) is 43.4 Å². The van der Waals surface area contributed by atoms with Gasteiger partial charge in [-0.1, -0.05) is 61.0 Å². The van der Waals surface area contributed by atoms with Gasteiger partial charge in [0.15, 0.2) is 6.61 Å². The average Bonchev–Trinajstić information content (AvgIpc) is 2.86. The van der Waals surface area contributed by atoms with Crippen molar-refractivity contribution in [3.05, 3.63) is 100 Å². The number of carbonyl (C=O) groups excluding carboxylic acids is 1. The number of ether oxygens (including phenoxy) is 1. The van der Waals surface area contributed by atoms with Crippen molar-refractivity contribution in [3.8, 4) is 5.75 Å². The van der Waals surface area contributed by atoms with Crippen LogP contribution in [0.25, 0.3) is 0 Å². The molecule has 0 radical (unpaired) electrons. The van der Waals surface area contributed by atoms with Gasteiger partial charge in [0.2, 0.25) is 0 Å². The molecule has 3 aromatic rings. The van der Waals surface area contributed by atoms with Crippen molar-refractivity contribution in [1.29, 1.82) is 0 Å². The minimum Gasteiger partial charge on any atom is -0.483 e. The Labute approximate surface area is 212 Å². The third kappa shape index (κ3) is 6.22. The van der Waals surface area contributed by atoms with E-state index < -0.39 is 0 Å². The molecule has 0 saturated carbocycles. The average molecular weight is 495 g/mol. The number of nitrogens with zero attached hydrogens (tertiary/aromatic N) is 2. The Morgan fingerprint density at radius 3 is 2.46 bits per heavy atom. The summed E-state index contributed by atoms with van der Waals surface area (Å²) in [6.07, 6.45) is 0. The Kier molecular flexibility index (Phi) is 8.09. The number of hydrogen-bond donors (Lipinski definition) is 0. The van der Waals surface area contributed by atoms with Crippen LogP contribution in [0.5, 0.6) is 5.75 Å². The van der Waals surface area contributed by atoms with Gasteiger partial charge in [0.1, 0.15) is 11.6 Å². The smallest absolute Gasteiger partial charge is 0.260 e. The Morgan fingerprint density at radius 1 is 1.03 bits per heavy atom. The largest absolute Gasteiger partial charge is 0.483 e. The van der Waals surface area contributed by atoms with Gasteiger partial charge in [-0.15, -0.1) is 0 Å². The molecule has 1 saturated heterocycles. The Balaban J connectivity index is 1.39. The molecule has 35 heavy (non-hydrogen) atoms. The molecule has 3 aromatic carbocycles. The number of amides is 1. The predicted octanol–water partition coefficient (Wildman–Crippen LogP) is 6.13. The standard InChI is InChI=1S/C29H32ClFN2O2/c1-20-17-33(21(2)16-32(20)18-23-9-12-26(31)13-10-23)29(34)19-35-28-14-11-25(30)15-27(28)22(3)24-7-5-4-6-8-24/h4-15,20-22H,16-19H2,1-3H3. The molecule has 0 bridgehead atoms. The van der Waals surface area contributed by atoms with E-state index in [1.54, 1.807) is 6.07 Å². The van der Waals surface area contributed by atoms with Gasteiger partial charge in [-0.3, -0.25) is 9.69 Å². The Hall–Kier alpha value is -2.89. The lowest BCUT2D eigenvalue weighted by Gasteiger charge is -2.44. The van der Waals surface area contributed by atoms with Crippen LogP contribution >= 0.6 is 11.6 Å². The minimum atomic E-state index is -0.229. The normalized spacial score (nSPS) is 19.4. The van der Waals surface area contributed by atoms with Crippen molar-refractivity contribution < 1.29 is 13.9 Å². The van der Waals surface area contributed by atoms with Crippen molar-refractivity contribution in [2.24, 2.45) is 0 Å². The molecule has 0 aliphatic carbocycles. The summed E-state index contributed by atoms with van der Waals surface area (Å²) in [6, 6.07) is 22.6. The van der Waals surface area contributed by atoms with E-state index in [-0.39, 0.29) is 36.3 Å². The number of carbonyl (C=O) groups is 1. The van der Waals surface area contributed by atoms with Crippen LogP contribution in [-0.4, -0.2) is 47.5 Å². The maximum absolute atomic E-state index is 13.2. The molecule has 3 unspecified atom stereocenters. The highest BCUT2D eigenvalue weighted by molar-refractivity contribution is 6.30. The third-order valence-corrected chi connectivity index (χ3v) is 7.06. The number of piperazine rings is 1. The van der Waals surface area contributed by atoms with Crippen molar-refractivity contribution in [3.63, 3.8) is 0 Å². The second-order valence-electron chi connectivity index (χ2n) is 9.40. The monoisotopic (exact) mass is 494 g/mol. The molecule has 0 spiro atoms. The summed E-state index contributed by atoms with van der Waals surface area (Å²) >= 11 is 6.29. The third-order valence-electron chi connectivity index (χ3n) is 6.82. The molecule has 1 fully saturated rings. The highest BCUT2D eigenvalue weighted by atomic mass is 35.5. The van der Waals surface area contributed by atoms with Gasteiger partial charge in [-0.05, 0) is 55.3 Å². The summed E-state index contributed by atoms with van der Waals surface area (Å²) in [5.74, 6) is 0.496. The van der Waals surface area contributed by atoms with Crippen LogP contribution in [0.3, 0.4) is 0 Å². The first-order valence-electron chi connectivity index (χ1n) is 12.1. The van der Waals surface area contributed by atoms with Gasteiger partial charge in [0.25, 0.3) is 5.91 Å². The zero-order chi connectivity index (χ0) is 24.9. The van der Waals surface area contributed by atoms with Crippen LogP contribution < -0.4 is 4.74 Å². The maximum Gasteiger partial charge on any atom is 0.260 e. The fourth-order valence-electron chi connectivity index (χ4n) is 4.72. The molecule has 6 heteroatoms. The van der Waals surface area contributed by atoms with Crippen LogP contribution in [0, 0.1) is 5.82 Å². The van der Waals surface area contributed by atoms with E-state index in [4.69, 9.17) is 16.3 Å². The first kappa shape index (κ1) is 25.2. The minimum absolute atomic E-state index is 0.0227. The molecule has 0 N–H and O–H groups in total. The van der Waals surface area contributed by atoms with Gasteiger partial charge < -0.3 is 9.64 Å². The molecule has 184 valence electrons. The second-order valence-corrected chi connectivity index (χ2v) is 9.84. The highest BCUT2D eigenvalue weighted by Gasteiger charge is 2.32. The zero-order valence-corrected chi connectivity index (χ0v) is 21.2. The Morgan fingerprint density at radius 2 is 1.74 bits per heavy atom. The zero-order valence-electron chi connectivity index (χ0n) is 20.5. The van der Waals surface area contributed by atoms with Crippen LogP contribution in [0.4, 0.5) is 4.39 Å². The molecule has 3 atom stereocenters. The summed E-state index contributed by atoms with van der Waals surface area (Å²) in [6.45, 7) is 8.38. The Bertz CT molecular complexity index is 1140. The topological polar surface area (TPSA) is 32.8 Å². The summed E-state index contributed by atoms with van der Waals surface area (Å²) in [5.41, 5.74) is 3.18. The first-order chi connectivity index (χ1) is 16.8. The SMILES string of the molecule is CC(c1ccccc1)c1cc(Cl)ccc1OCC(=O)N1CC(C)N(Cc2ccc(F)cc2)CC1C. The molecule has 1 aliphatic rings. The van der Waals surface area contributed by atoms with Gasteiger partial charge >= 0.3 is 0 Å². The predicted molar refractivity (Wildman–Crippen MR) is 138 cm³/mol. The van der Waals surface area contributed by atoms with E-state index in [1.165, 1.54) is 12.1 Å². The van der Waals surface area contributed by atoms with E-state index in [9.17, 15) is 9.18 Å². The summed E-state index contributed by atoms with van der Waals surface area (Å²) < 4.78 is 19.3. The number of halogens is 2. The summed E-state index contributed by atoms with van der Waals surface area (Å²) in [5, 5.41) is 0.640. The molecule has 1 aliphatic heterocycles. The lowest BCUT2D eigenvalue weighted by Crippen LogP contribution is -2.58. The van der Waals surface area contributed by atoms with E-state index in [2.05, 4.69) is 37.8 Å². The van der Waals surface area contributed by atoms with Crippen LogP contribution in [0.2, 0.25) is 5.02 Å². The number of benzene rings is 3. The van der Waals surface area contributed by atoms with Gasteiger partial charge in [0, 0.05) is 48.2 Å². The van der Waals surface area contributed by atoms with Gasteiger partial charge in [-0.25, -0.2) is 4.39 Å². The van der Waals surface area contributed by atoms with Crippen molar-refractivity contribution in [2.75, 3.05) is 19.7 Å². The lowest BCUT2D eigenvalue weighted by molar-refractivity contribution is -0.139. The molecule has 4 rings (SSSR count). The quantitative estimate of drug-likeness (QED) is 0.396. The lowest BCUT2D eigenvalue weighted by atomic mass is 9.92. The summed E-state index contributed by atoms with van der Waals surface area (Å²) in [4.78, 5) is 17.4. The van der Waals surface area contributed by atoms with E-state index in [1.807, 2.05) is 47.4 Å². The van der Waals surface area contributed by atoms with Crippen molar-refractivity contribution in [2.45, 2.75) is 45.3 Å². The van der Waals surface area contributed by atoms with Crippen molar-refractivity contribution >= 4 is 17.5 Å². The molecule has 1 heterocycles. The number of rotatable bonds is 7. The summed E-state index contributed by atoms with van der Waals surface area (Å²) in [7, 11) is 0. The fraction of sp³-hybridized carbons (Fsp3) is 0.345. The second kappa shape index (κ2) is 11.2.